The van der Waals surface area contributed by atoms with Gasteiger partial charge in [0.2, 0.25) is 0 Å². The topological polar surface area (TPSA) is 98.3 Å². The molecule has 2 aromatic rings. The van der Waals surface area contributed by atoms with Gasteiger partial charge in [-0.15, -0.1) is 0 Å². The first-order chi connectivity index (χ1) is 11.2. The summed E-state index contributed by atoms with van der Waals surface area (Å²) in [6, 6.07) is 3.32. The van der Waals surface area contributed by atoms with Crippen LogP contribution in [0, 0.1) is 10.1 Å². The van der Waals surface area contributed by atoms with E-state index in [0.29, 0.717) is 30.0 Å². The highest BCUT2D eigenvalue weighted by Gasteiger charge is 2.34. The molecule has 1 heterocycles. The van der Waals surface area contributed by atoms with Gasteiger partial charge in [-0.1, -0.05) is 12.1 Å². The first-order valence-corrected chi connectivity index (χ1v) is 6.80. The lowest BCUT2D eigenvalue weighted by molar-refractivity contribution is -0.385. The molecule has 0 bridgehead atoms. The van der Waals surface area contributed by atoms with Crippen molar-refractivity contribution < 1.29 is 27.4 Å². The van der Waals surface area contributed by atoms with Gasteiger partial charge in [0.15, 0.2) is 5.76 Å². The van der Waals surface area contributed by atoms with Crippen LogP contribution in [0.3, 0.4) is 0 Å². The highest BCUT2D eigenvalue weighted by atomic mass is 19.4. The molecule has 1 amide bonds. The summed E-state index contributed by atoms with van der Waals surface area (Å²) in [5.74, 6) is -0.556. The third-order valence-electron chi connectivity index (χ3n) is 3.16. The van der Waals surface area contributed by atoms with E-state index in [0.717, 1.165) is 6.07 Å². The highest BCUT2D eigenvalue weighted by Crippen LogP contribution is 2.33. The molecule has 0 aliphatic heterocycles. The van der Waals surface area contributed by atoms with E-state index in [9.17, 15) is 28.1 Å². The van der Waals surface area contributed by atoms with E-state index in [1.54, 1.807) is 6.07 Å². The monoisotopic (exact) mass is 343 g/mol. The zero-order valence-electron chi connectivity index (χ0n) is 12.4. The number of halogens is 3. The van der Waals surface area contributed by atoms with Crippen molar-refractivity contribution in [3.8, 4) is 0 Å². The number of alkyl halides is 3. The molecule has 128 valence electrons. The van der Waals surface area contributed by atoms with Gasteiger partial charge in [-0.25, -0.2) is 0 Å². The van der Waals surface area contributed by atoms with Crippen molar-refractivity contribution in [3.63, 3.8) is 0 Å². The minimum atomic E-state index is -4.74. The standard InChI is InChI=1S/C14H12F3N3O4/c1-2-9-6-10(24-19-9)7-18-13(21)11-4-3-8(14(15,16)17)5-12(11)20(22)23/h3-6H,2,7H2,1H3,(H,18,21). The number of carbonyl (C=O) groups excluding carboxylic acids is 1. The Morgan fingerprint density at radius 1 is 1.38 bits per heavy atom. The quantitative estimate of drug-likeness (QED) is 0.664. The van der Waals surface area contributed by atoms with Crippen molar-refractivity contribution in [1.82, 2.24) is 10.5 Å². The van der Waals surface area contributed by atoms with E-state index in [4.69, 9.17) is 4.52 Å². The van der Waals surface area contributed by atoms with Crippen molar-refractivity contribution in [3.05, 3.63) is 57.0 Å². The van der Waals surface area contributed by atoms with Crippen molar-refractivity contribution >= 4 is 11.6 Å². The number of benzene rings is 1. The molecule has 0 atom stereocenters. The molecular formula is C14H12F3N3O4. The molecule has 7 nitrogen and oxygen atoms in total. The lowest BCUT2D eigenvalue weighted by atomic mass is 10.1. The number of rotatable bonds is 5. The molecule has 0 aliphatic rings. The molecule has 10 heteroatoms. The maximum absolute atomic E-state index is 12.6. The van der Waals surface area contributed by atoms with Gasteiger partial charge in [0.25, 0.3) is 11.6 Å². The average molecular weight is 343 g/mol. The molecule has 0 fully saturated rings. The Bertz CT molecular complexity index is 771. The third kappa shape index (κ3) is 3.89. The predicted molar refractivity (Wildman–Crippen MR) is 75.1 cm³/mol. The number of amides is 1. The molecule has 0 aliphatic carbocycles. The zero-order chi connectivity index (χ0) is 17.9. The summed E-state index contributed by atoms with van der Waals surface area (Å²) >= 11 is 0. The molecule has 2 rings (SSSR count). The van der Waals surface area contributed by atoms with Crippen LogP contribution in [0.1, 0.15) is 34.3 Å². The third-order valence-corrected chi connectivity index (χ3v) is 3.16. The lowest BCUT2D eigenvalue weighted by Crippen LogP contribution is -2.23. The van der Waals surface area contributed by atoms with Crippen LogP contribution in [0.25, 0.3) is 0 Å². The van der Waals surface area contributed by atoms with Crippen molar-refractivity contribution in [2.45, 2.75) is 26.1 Å². The number of carbonyl (C=O) groups is 1. The van der Waals surface area contributed by atoms with Crippen LogP contribution in [0.4, 0.5) is 18.9 Å². The Balaban J connectivity index is 2.20. The van der Waals surface area contributed by atoms with Crippen LogP contribution < -0.4 is 5.32 Å². The van der Waals surface area contributed by atoms with Crippen LogP contribution in [0.2, 0.25) is 0 Å². The Labute approximate surface area is 133 Å². The molecule has 1 aromatic carbocycles. The van der Waals surface area contributed by atoms with Gasteiger partial charge in [0.1, 0.15) is 5.56 Å². The van der Waals surface area contributed by atoms with E-state index >= 15 is 0 Å². The predicted octanol–water partition coefficient (Wildman–Crippen LogP) is 3.09. The maximum Gasteiger partial charge on any atom is 0.416 e. The second kappa shape index (κ2) is 6.69. The Hall–Kier alpha value is -2.91. The number of hydrogen-bond donors (Lipinski definition) is 1. The van der Waals surface area contributed by atoms with Crippen molar-refractivity contribution in [2.75, 3.05) is 0 Å². The largest absolute Gasteiger partial charge is 0.416 e. The summed E-state index contributed by atoms with van der Waals surface area (Å²) in [5.41, 5.74) is -1.93. The second-order valence-corrected chi connectivity index (χ2v) is 4.81. The maximum atomic E-state index is 12.6. The average Bonchev–Trinajstić information content (AvgIpc) is 2.99. The SMILES string of the molecule is CCc1cc(CNC(=O)c2ccc(C(F)(F)F)cc2[N+](=O)[O-])on1. The molecule has 0 saturated heterocycles. The van der Waals surface area contributed by atoms with Crippen LogP contribution in [-0.2, 0) is 19.1 Å². The molecule has 0 radical (unpaired) electrons. The van der Waals surface area contributed by atoms with Gasteiger partial charge in [-0.3, -0.25) is 14.9 Å². The molecule has 1 aromatic heterocycles. The number of aromatic nitrogens is 1. The molecule has 1 N–H and O–H groups in total. The molecule has 0 saturated carbocycles. The molecule has 0 unspecified atom stereocenters. The number of aryl methyl sites for hydroxylation is 1. The minimum absolute atomic E-state index is 0.0932. The zero-order valence-corrected chi connectivity index (χ0v) is 12.4. The van der Waals surface area contributed by atoms with E-state index in [-0.39, 0.29) is 6.54 Å². The van der Waals surface area contributed by atoms with Gasteiger partial charge in [-0.05, 0) is 18.6 Å². The van der Waals surface area contributed by atoms with Gasteiger partial charge in [-0.2, -0.15) is 13.2 Å². The Kier molecular flexibility index (Phi) is 4.86. The number of nitrogens with one attached hydrogen (secondary N) is 1. The lowest BCUT2D eigenvalue weighted by Gasteiger charge is -2.08. The van der Waals surface area contributed by atoms with Crippen molar-refractivity contribution in [1.29, 1.82) is 0 Å². The van der Waals surface area contributed by atoms with Crippen molar-refractivity contribution in [2.24, 2.45) is 0 Å². The Morgan fingerprint density at radius 2 is 2.08 bits per heavy atom. The first-order valence-electron chi connectivity index (χ1n) is 6.80. The fourth-order valence-electron chi connectivity index (χ4n) is 1.92. The van der Waals surface area contributed by atoms with Gasteiger partial charge in [0.05, 0.1) is 22.7 Å². The summed E-state index contributed by atoms with van der Waals surface area (Å²) in [6.45, 7) is 1.76. The van der Waals surface area contributed by atoms with Crippen LogP contribution in [-0.4, -0.2) is 16.0 Å². The van der Waals surface area contributed by atoms with Crippen LogP contribution in [0.5, 0.6) is 0 Å². The minimum Gasteiger partial charge on any atom is -0.359 e. The van der Waals surface area contributed by atoms with E-state index < -0.39 is 33.8 Å². The van der Waals surface area contributed by atoms with E-state index in [2.05, 4.69) is 10.5 Å². The smallest absolute Gasteiger partial charge is 0.359 e. The summed E-state index contributed by atoms with van der Waals surface area (Å²) in [7, 11) is 0. The number of nitro benzene ring substituents is 1. The number of nitro groups is 1. The van der Waals surface area contributed by atoms with Crippen LogP contribution in [0.15, 0.2) is 28.8 Å². The first kappa shape index (κ1) is 17.4. The summed E-state index contributed by atoms with van der Waals surface area (Å²) in [4.78, 5) is 21.9. The van der Waals surface area contributed by atoms with Gasteiger partial charge >= 0.3 is 6.18 Å². The second-order valence-electron chi connectivity index (χ2n) is 4.81. The molecule has 24 heavy (non-hydrogen) atoms. The number of nitrogens with zero attached hydrogens (tertiary/aromatic N) is 2. The Morgan fingerprint density at radius 3 is 2.62 bits per heavy atom. The summed E-state index contributed by atoms with van der Waals surface area (Å²) in [5, 5.41) is 17.0. The van der Waals surface area contributed by atoms with E-state index in [1.165, 1.54) is 0 Å². The summed E-state index contributed by atoms with van der Waals surface area (Å²) in [6.07, 6.45) is -4.11. The fraction of sp³-hybridized carbons (Fsp3) is 0.286. The number of hydrogen-bond acceptors (Lipinski definition) is 5. The van der Waals surface area contributed by atoms with Crippen LogP contribution >= 0.6 is 0 Å². The molecular weight excluding hydrogens is 331 g/mol. The normalized spacial score (nSPS) is 11.3. The molecule has 0 spiro atoms. The van der Waals surface area contributed by atoms with Gasteiger partial charge < -0.3 is 9.84 Å². The van der Waals surface area contributed by atoms with E-state index in [1.807, 2.05) is 6.92 Å². The summed E-state index contributed by atoms with van der Waals surface area (Å²) < 4.78 is 42.8. The highest BCUT2D eigenvalue weighted by molar-refractivity contribution is 5.98. The van der Waals surface area contributed by atoms with Gasteiger partial charge in [0, 0.05) is 12.1 Å². The fourth-order valence-corrected chi connectivity index (χ4v) is 1.92.